The quantitative estimate of drug-likeness (QED) is 0.861. The van der Waals surface area contributed by atoms with Crippen molar-refractivity contribution in [2.75, 3.05) is 18.4 Å². The highest BCUT2D eigenvalue weighted by Gasteiger charge is 2.21. The zero-order chi connectivity index (χ0) is 18.5. The van der Waals surface area contributed by atoms with Crippen molar-refractivity contribution in [2.24, 2.45) is 5.92 Å². The second-order valence-electron chi connectivity index (χ2n) is 7.22. The van der Waals surface area contributed by atoms with Gasteiger partial charge in [0.1, 0.15) is 5.75 Å². The van der Waals surface area contributed by atoms with Crippen LogP contribution >= 0.6 is 0 Å². The maximum Gasteiger partial charge on any atom is 0.255 e. The Balaban J connectivity index is 1.75. The molecule has 0 unspecified atom stereocenters. The van der Waals surface area contributed by atoms with E-state index in [9.17, 15) is 4.79 Å². The van der Waals surface area contributed by atoms with Crippen LogP contribution in [0.5, 0.6) is 5.75 Å². The number of piperidine rings is 1. The lowest BCUT2D eigenvalue weighted by molar-refractivity contribution is 0.0697. The Hall–Kier alpha value is -2.56. The first-order chi connectivity index (χ1) is 12.5. The molecule has 5 nitrogen and oxygen atoms in total. The first kappa shape index (κ1) is 18.2. The predicted molar refractivity (Wildman–Crippen MR) is 104 cm³/mol. The number of pyridine rings is 1. The molecule has 0 aliphatic carbocycles. The average Bonchev–Trinajstić information content (AvgIpc) is 2.63. The van der Waals surface area contributed by atoms with E-state index in [4.69, 9.17) is 4.74 Å². The summed E-state index contributed by atoms with van der Waals surface area (Å²) in [4.78, 5) is 18.9. The number of anilines is 2. The van der Waals surface area contributed by atoms with Crippen molar-refractivity contribution < 1.29 is 9.53 Å². The molecule has 5 heteroatoms. The molecule has 3 rings (SSSR count). The molecule has 1 amide bonds. The molecule has 2 aromatic rings. The van der Waals surface area contributed by atoms with Gasteiger partial charge < -0.3 is 15.0 Å². The lowest BCUT2D eigenvalue weighted by atomic mass is 9.99. The number of carbonyl (C=O) groups is 1. The van der Waals surface area contributed by atoms with Gasteiger partial charge in [0.15, 0.2) is 0 Å². The topological polar surface area (TPSA) is 54.5 Å². The molecule has 1 aromatic carbocycles. The fraction of sp³-hybridized carbons (Fsp3) is 0.429. The van der Waals surface area contributed by atoms with Crippen molar-refractivity contribution in [1.82, 2.24) is 9.88 Å². The standard InChI is InChI=1S/C21H27N3O2/c1-15(2)26-20-7-5-4-6-19(20)23-18-12-17(13-22-14-18)21(25)24-10-8-16(3)9-11-24/h4-7,12-16,23H,8-11H2,1-3H3. The zero-order valence-electron chi connectivity index (χ0n) is 15.7. The van der Waals surface area contributed by atoms with Gasteiger partial charge in [0, 0.05) is 19.3 Å². The molecule has 0 atom stereocenters. The fourth-order valence-corrected chi connectivity index (χ4v) is 3.10. The van der Waals surface area contributed by atoms with E-state index in [0.29, 0.717) is 11.5 Å². The second-order valence-corrected chi connectivity index (χ2v) is 7.22. The number of ether oxygens (including phenoxy) is 1. The van der Waals surface area contributed by atoms with Gasteiger partial charge >= 0.3 is 0 Å². The number of hydrogen-bond donors (Lipinski definition) is 1. The number of aromatic nitrogens is 1. The van der Waals surface area contributed by atoms with Crippen LogP contribution < -0.4 is 10.1 Å². The molecule has 1 N–H and O–H groups in total. The van der Waals surface area contributed by atoms with Crippen molar-refractivity contribution in [1.29, 1.82) is 0 Å². The number of carbonyl (C=O) groups excluding carboxylic acids is 1. The van der Waals surface area contributed by atoms with E-state index in [1.54, 1.807) is 12.4 Å². The van der Waals surface area contributed by atoms with E-state index in [1.807, 2.05) is 49.1 Å². The molecule has 1 aromatic heterocycles. The van der Waals surface area contributed by atoms with Crippen LogP contribution in [0.15, 0.2) is 42.7 Å². The first-order valence-electron chi connectivity index (χ1n) is 9.30. The van der Waals surface area contributed by atoms with Crippen LogP contribution in [-0.2, 0) is 0 Å². The van der Waals surface area contributed by atoms with Crippen molar-refractivity contribution in [3.63, 3.8) is 0 Å². The Morgan fingerprint density at radius 3 is 2.69 bits per heavy atom. The number of nitrogens with one attached hydrogen (secondary N) is 1. The van der Waals surface area contributed by atoms with Crippen molar-refractivity contribution in [2.45, 2.75) is 39.7 Å². The molecule has 26 heavy (non-hydrogen) atoms. The van der Waals surface area contributed by atoms with Gasteiger partial charge in [-0.2, -0.15) is 0 Å². The van der Waals surface area contributed by atoms with Crippen molar-refractivity contribution in [3.05, 3.63) is 48.3 Å². The van der Waals surface area contributed by atoms with Gasteiger partial charge in [-0.1, -0.05) is 19.1 Å². The molecule has 0 bridgehead atoms. The highest BCUT2D eigenvalue weighted by molar-refractivity contribution is 5.95. The minimum atomic E-state index is 0.0553. The Labute approximate surface area is 155 Å². The molecule has 1 aliphatic rings. The van der Waals surface area contributed by atoms with Gasteiger partial charge in [-0.15, -0.1) is 0 Å². The summed E-state index contributed by atoms with van der Waals surface area (Å²) in [7, 11) is 0. The third-order valence-electron chi connectivity index (χ3n) is 4.58. The van der Waals surface area contributed by atoms with Crippen LogP contribution in [0.3, 0.4) is 0 Å². The summed E-state index contributed by atoms with van der Waals surface area (Å²) in [6.07, 6.45) is 5.59. The maximum absolute atomic E-state index is 12.8. The molecule has 1 fully saturated rings. The van der Waals surface area contributed by atoms with Crippen LogP contribution in [0.25, 0.3) is 0 Å². The molecule has 2 heterocycles. The number of nitrogens with zero attached hydrogens (tertiary/aromatic N) is 2. The Kier molecular flexibility index (Phi) is 5.76. The van der Waals surface area contributed by atoms with Crippen molar-refractivity contribution in [3.8, 4) is 5.75 Å². The second kappa shape index (κ2) is 8.21. The van der Waals surface area contributed by atoms with Crippen LogP contribution in [0.4, 0.5) is 11.4 Å². The Bertz CT molecular complexity index is 752. The van der Waals surface area contributed by atoms with Crippen LogP contribution in [0.1, 0.15) is 44.0 Å². The summed E-state index contributed by atoms with van der Waals surface area (Å²) in [5.74, 6) is 1.53. The van der Waals surface area contributed by atoms with E-state index >= 15 is 0 Å². The van der Waals surface area contributed by atoms with Gasteiger partial charge in [0.05, 0.1) is 29.2 Å². The van der Waals surface area contributed by atoms with E-state index in [-0.39, 0.29) is 12.0 Å². The molecule has 1 saturated heterocycles. The van der Waals surface area contributed by atoms with Crippen molar-refractivity contribution >= 4 is 17.3 Å². The van der Waals surface area contributed by atoms with E-state index < -0.39 is 0 Å². The Morgan fingerprint density at radius 2 is 1.96 bits per heavy atom. The van der Waals surface area contributed by atoms with E-state index in [2.05, 4.69) is 17.2 Å². The van der Waals surface area contributed by atoms with Gasteiger partial charge in [-0.25, -0.2) is 0 Å². The van der Waals surface area contributed by atoms with Crippen LogP contribution in [-0.4, -0.2) is 35.0 Å². The largest absolute Gasteiger partial charge is 0.489 e. The molecule has 0 saturated carbocycles. The number of benzene rings is 1. The minimum absolute atomic E-state index is 0.0553. The number of rotatable bonds is 5. The summed E-state index contributed by atoms with van der Waals surface area (Å²) >= 11 is 0. The van der Waals surface area contributed by atoms with Gasteiger partial charge in [0.2, 0.25) is 0 Å². The van der Waals surface area contributed by atoms with Gasteiger partial charge in [-0.3, -0.25) is 9.78 Å². The molecule has 1 aliphatic heterocycles. The number of para-hydroxylation sites is 2. The molecule has 0 radical (unpaired) electrons. The molecular formula is C21H27N3O2. The Morgan fingerprint density at radius 1 is 1.23 bits per heavy atom. The number of amides is 1. The lowest BCUT2D eigenvalue weighted by Crippen LogP contribution is -2.37. The summed E-state index contributed by atoms with van der Waals surface area (Å²) in [6.45, 7) is 7.88. The number of hydrogen-bond acceptors (Lipinski definition) is 4. The number of likely N-dealkylation sites (tertiary alicyclic amines) is 1. The normalized spacial score (nSPS) is 15.2. The predicted octanol–water partition coefficient (Wildman–Crippen LogP) is 4.48. The monoisotopic (exact) mass is 353 g/mol. The smallest absolute Gasteiger partial charge is 0.255 e. The fourth-order valence-electron chi connectivity index (χ4n) is 3.10. The third kappa shape index (κ3) is 4.54. The highest BCUT2D eigenvalue weighted by atomic mass is 16.5. The van der Waals surface area contributed by atoms with E-state index in [0.717, 1.165) is 43.1 Å². The third-order valence-corrected chi connectivity index (χ3v) is 4.58. The molecule has 138 valence electrons. The van der Waals surface area contributed by atoms with Gasteiger partial charge in [0.25, 0.3) is 5.91 Å². The minimum Gasteiger partial charge on any atom is -0.489 e. The first-order valence-corrected chi connectivity index (χ1v) is 9.30. The SMILES string of the molecule is CC1CCN(C(=O)c2cncc(Nc3ccccc3OC(C)C)c2)CC1. The molecule has 0 spiro atoms. The highest BCUT2D eigenvalue weighted by Crippen LogP contribution is 2.28. The molecular weight excluding hydrogens is 326 g/mol. The zero-order valence-corrected chi connectivity index (χ0v) is 15.7. The lowest BCUT2D eigenvalue weighted by Gasteiger charge is -2.30. The summed E-state index contributed by atoms with van der Waals surface area (Å²) in [5, 5.41) is 3.32. The van der Waals surface area contributed by atoms with Crippen LogP contribution in [0, 0.1) is 5.92 Å². The van der Waals surface area contributed by atoms with Gasteiger partial charge in [-0.05, 0) is 50.8 Å². The summed E-state index contributed by atoms with van der Waals surface area (Å²) in [6, 6.07) is 9.64. The van der Waals surface area contributed by atoms with E-state index in [1.165, 1.54) is 0 Å². The summed E-state index contributed by atoms with van der Waals surface area (Å²) < 4.78 is 5.84. The summed E-state index contributed by atoms with van der Waals surface area (Å²) in [5.41, 5.74) is 2.26. The maximum atomic E-state index is 12.8. The van der Waals surface area contributed by atoms with Crippen LogP contribution in [0.2, 0.25) is 0 Å². The average molecular weight is 353 g/mol.